The number of carbonyl (C=O) groups is 1. The van der Waals surface area contributed by atoms with Crippen LogP contribution in [0.4, 0.5) is 0 Å². The van der Waals surface area contributed by atoms with Crippen LogP contribution in [0, 0.1) is 23.7 Å². The van der Waals surface area contributed by atoms with E-state index in [1.165, 1.54) is 51.4 Å². The first-order valence-corrected chi connectivity index (χ1v) is 8.27. The second-order valence-corrected chi connectivity index (χ2v) is 6.86. The molecule has 104 valence electrons. The van der Waals surface area contributed by atoms with E-state index in [2.05, 4.69) is 6.92 Å². The van der Waals surface area contributed by atoms with Gasteiger partial charge >= 0.3 is 0 Å². The molecule has 0 unspecified atom stereocenters. The minimum atomic E-state index is -0.0971. The quantitative estimate of drug-likeness (QED) is 0.645. The third-order valence-electron chi connectivity index (χ3n) is 5.35. The van der Waals surface area contributed by atoms with Crippen molar-refractivity contribution in [2.75, 3.05) is 0 Å². The molecule has 0 aromatic heterocycles. The van der Waals surface area contributed by atoms with Crippen LogP contribution in [0.15, 0.2) is 0 Å². The van der Waals surface area contributed by atoms with Crippen molar-refractivity contribution in [1.29, 1.82) is 0 Å². The van der Waals surface area contributed by atoms with Crippen molar-refractivity contribution in [2.45, 2.75) is 71.1 Å². The molecule has 2 aliphatic rings. The van der Waals surface area contributed by atoms with Gasteiger partial charge in [-0.2, -0.15) is 0 Å². The third-order valence-corrected chi connectivity index (χ3v) is 5.66. The molecule has 2 saturated carbocycles. The van der Waals surface area contributed by atoms with Crippen molar-refractivity contribution in [1.82, 2.24) is 0 Å². The number of hydrogen-bond donors (Lipinski definition) is 0. The van der Waals surface area contributed by atoms with Crippen LogP contribution in [0.3, 0.4) is 0 Å². The summed E-state index contributed by atoms with van der Waals surface area (Å²) in [7, 11) is 0. The van der Waals surface area contributed by atoms with E-state index in [1.54, 1.807) is 0 Å². The van der Waals surface area contributed by atoms with Gasteiger partial charge in [0.1, 0.15) is 0 Å². The zero-order valence-corrected chi connectivity index (χ0v) is 12.4. The molecular weight excluding hydrogens is 244 g/mol. The van der Waals surface area contributed by atoms with Crippen LogP contribution < -0.4 is 0 Å². The molecule has 0 aromatic carbocycles. The summed E-state index contributed by atoms with van der Waals surface area (Å²) in [6.45, 7) is 2.30. The van der Waals surface area contributed by atoms with Gasteiger partial charge in [-0.15, -0.1) is 0 Å². The monoisotopic (exact) mass is 270 g/mol. The van der Waals surface area contributed by atoms with Crippen LogP contribution in [-0.4, -0.2) is 5.24 Å². The molecular formula is C16H27ClO. The minimum Gasteiger partial charge on any atom is -0.281 e. The Balaban J connectivity index is 1.73. The van der Waals surface area contributed by atoms with Crippen LogP contribution in [0.25, 0.3) is 0 Å². The molecule has 0 bridgehead atoms. The van der Waals surface area contributed by atoms with Gasteiger partial charge in [-0.05, 0) is 67.9 Å². The molecule has 0 N–H and O–H groups in total. The van der Waals surface area contributed by atoms with E-state index >= 15 is 0 Å². The molecule has 0 aromatic rings. The first kappa shape index (κ1) is 14.4. The first-order valence-electron chi connectivity index (χ1n) is 7.90. The van der Waals surface area contributed by atoms with Crippen molar-refractivity contribution in [3.63, 3.8) is 0 Å². The van der Waals surface area contributed by atoms with Gasteiger partial charge < -0.3 is 0 Å². The Morgan fingerprint density at radius 1 is 0.944 bits per heavy atom. The molecule has 0 aliphatic heterocycles. The van der Waals surface area contributed by atoms with E-state index in [9.17, 15) is 4.79 Å². The highest BCUT2D eigenvalue weighted by atomic mass is 35.5. The van der Waals surface area contributed by atoms with Gasteiger partial charge in [-0.1, -0.05) is 32.6 Å². The van der Waals surface area contributed by atoms with Gasteiger partial charge in [-0.25, -0.2) is 0 Å². The van der Waals surface area contributed by atoms with Crippen molar-refractivity contribution in [3.8, 4) is 0 Å². The highest BCUT2D eigenvalue weighted by Gasteiger charge is 2.32. The summed E-state index contributed by atoms with van der Waals surface area (Å²) in [4.78, 5) is 11.2. The van der Waals surface area contributed by atoms with E-state index in [4.69, 9.17) is 11.6 Å². The first-order chi connectivity index (χ1) is 8.70. The summed E-state index contributed by atoms with van der Waals surface area (Å²) in [6, 6.07) is 0. The zero-order chi connectivity index (χ0) is 13.0. The van der Waals surface area contributed by atoms with Crippen LogP contribution in [0.2, 0.25) is 0 Å². The third kappa shape index (κ3) is 3.73. The number of halogens is 1. The molecule has 0 heterocycles. The maximum Gasteiger partial charge on any atom is 0.224 e. The second kappa shape index (κ2) is 6.93. The summed E-state index contributed by atoms with van der Waals surface area (Å²) in [5.74, 6) is 3.01. The molecule has 2 heteroatoms. The van der Waals surface area contributed by atoms with Gasteiger partial charge in [-0.3, -0.25) is 4.79 Å². The van der Waals surface area contributed by atoms with Crippen LogP contribution in [-0.2, 0) is 4.79 Å². The lowest BCUT2D eigenvalue weighted by Gasteiger charge is -2.37. The highest BCUT2D eigenvalue weighted by Crippen LogP contribution is 2.42. The summed E-state index contributed by atoms with van der Waals surface area (Å²) in [5, 5.41) is -0.0971. The summed E-state index contributed by atoms with van der Waals surface area (Å²) in [5.41, 5.74) is 0. The Bertz CT molecular complexity index is 260. The highest BCUT2D eigenvalue weighted by molar-refractivity contribution is 6.63. The molecule has 18 heavy (non-hydrogen) atoms. The molecule has 2 rings (SSSR count). The molecule has 0 atom stereocenters. The second-order valence-electron chi connectivity index (χ2n) is 6.49. The normalized spacial score (nSPS) is 37.4. The van der Waals surface area contributed by atoms with E-state index in [0.717, 1.165) is 30.6 Å². The Morgan fingerprint density at radius 3 is 1.89 bits per heavy atom. The van der Waals surface area contributed by atoms with E-state index < -0.39 is 0 Å². The molecule has 0 amide bonds. The fraction of sp³-hybridized carbons (Fsp3) is 0.938. The van der Waals surface area contributed by atoms with Gasteiger partial charge in [0.2, 0.25) is 5.24 Å². The maximum absolute atomic E-state index is 11.2. The largest absolute Gasteiger partial charge is 0.281 e. The number of rotatable bonds is 4. The SMILES string of the molecule is CCCC1CCC(C2CCC(C(=O)Cl)CC2)CC1. The van der Waals surface area contributed by atoms with Gasteiger partial charge in [0, 0.05) is 5.92 Å². The fourth-order valence-electron chi connectivity index (χ4n) is 4.17. The van der Waals surface area contributed by atoms with E-state index in [-0.39, 0.29) is 11.2 Å². The average molecular weight is 271 g/mol. The Morgan fingerprint density at radius 2 is 1.44 bits per heavy atom. The molecule has 2 fully saturated rings. The Kier molecular flexibility index (Phi) is 5.54. The molecule has 0 spiro atoms. The lowest BCUT2D eigenvalue weighted by Crippen LogP contribution is -2.27. The average Bonchev–Trinajstić information content (AvgIpc) is 2.40. The van der Waals surface area contributed by atoms with Crippen LogP contribution >= 0.6 is 11.6 Å². The van der Waals surface area contributed by atoms with Crippen LogP contribution in [0.5, 0.6) is 0 Å². The summed E-state index contributed by atoms with van der Waals surface area (Å²) < 4.78 is 0. The lowest BCUT2D eigenvalue weighted by atomic mass is 9.69. The van der Waals surface area contributed by atoms with E-state index in [1.807, 2.05) is 0 Å². The topological polar surface area (TPSA) is 17.1 Å². The predicted octanol–water partition coefficient (Wildman–Crippen LogP) is 5.16. The van der Waals surface area contributed by atoms with Gasteiger partial charge in [0.05, 0.1) is 0 Å². The predicted molar refractivity (Wildman–Crippen MR) is 76.7 cm³/mol. The minimum absolute atomic E-state index is 0.0971. The Hall–Kier alpha value is -0.0400. The van der Waals surface area contributed by atoms with Crippen molar-refractivity contribution in [2.24, 2.45) is 23.7 Å². The number of carbonyl (C=O) groups excluding carboxylic acids is 1. The molecule has 0 saturated heterocycles. The Labute approximate surface area is 117 Å². The van der Waals surface area contributed by atoms with Gasteiger partial charge in [0.25, 0.3) is 0 Å². The van der Waals surface area contributed by atoms with Gasteiger partial charge in [0.15, 0.2) is 0 Å². The van der Waals surface area contributed by atoms with Crippen LogP contribution in [0.1, 0.15) is 71.1 Å². The zero-order valence-electron chi connectivity index (χ0n) is 11.7. The lowest BCUT2D eigenvalue weighted by molar-refractivity contribution is -0.116. The molecule has 1 nitrogen and oxygen atoms in total. The van der Waals surface area contributed by atoms with E-state index in [0.29, 0.717) is 0 Å². The standard InChI is InChI=1S/C16H27ClO/c1-2-3-12-4-6-13(7-5-12)14-8-10-15(11-9-14)16(17)18/h12-15H,2-11H2,1H3. The molecule has 2 aliphatic carbocycles. The number of hydrogen-bond acceptors (Lipinski definition) is 1. The van der Waals surface area contributed by atoms with Crippen molar-refractivity contribution >= 4 is 16.8 Å². The fourth-order valence-corrected chi connectivity index (χ4v) is 4.39. The smallest absolute Gasteiger partial charge is 0.224 e. The summed E-state index contributed by atoms with van der Waals surface area (Å²) in [6.07, 6.45) is 13.1. The maximum atomic E-state index is 11.2. The molecule has 0 radical (unpaired) electrons. The summed E-state index contributed by atoms with van der Waals surface area (Å²) >= 11 is 5.61. The van der Waals surface area contributed by atoms with Crippen molar-refractivity contribution < 1.29 is 4.79 Å². The van der Waals surface area contributed by atoms with Crippen molar-refractivity contribution in [3.05, 3.63) is 0 Å².